The number of benzene rings is 2. The Bertz CT molecular complexity index is 875. The number of rotatable bonds is 2. The molecule has 1 fully saturated rings. The lowest BCUT2D eigenvalue weighted by Crippen LogP contribution is -2.42. The van der Waals surface area contributed by atoms with Crippen LogP contribution in [0.5, 0.6) is 0 Å². The second-order valence-electron chi connectivity index (χ2n) is 5.80. The molecule has 1 N–H and O–H groups in total. The number of nitrogens with zero attached hydrogens (tertiary/aromatic N) is 2. The molecule has 4 rings (SSSR count). The van der Waals surface area contributed by atoms with Gasteiger partial charge in [-0.25, -0.2) is 0 Å². The molecule has 0 radical (unpaired) electrons. The van der Waals surface area contributed by atoms with Crippen molar-refractivity contribution in [1.82, 2.24) is 15.1 Å². The third-order valence-corrected chi connectivity index (χ3v) is 4.56. The molecule has 24 heavy (non-hydrogen) atoms. The molecule has 0 bridgehead atoms. The molecule has 6 heteroatoms. The highest BCUT2D eigenvalue weighted by molar-refractivity contribution is 6.30. The summed E-state index contributed by atoms with van der Waals surface area (Å²) in [5.74, 6) is 0.00395. The lowest BCUT2D eigenvalue weighted by Gasteiger charge is -2.33. The number of fused-ring (bicyclic) bond motifs is 1. The fourth-order valence-corrected chi connectivity index (χ4v) is 3.16. The minimum absolute atomic E-state index is 0.00395. The molecule has 1 aliphatic heterocycles. The number of halogens is 1. The van der Waals surface area contributed by atoms with E-state index >= 15 is 0 Å². The Morgan fingerprint density at radius 1 is 1.25 bits per heavy atom. The van der Waals surface area contributed by atoms with Gasteiger partial charge in [0.1, 0.15) is 6.10 Å². The molecular weight excluding hydrogens is 326 g/mol. The van der Waals surface area contributed by atoms with Crippen LogP contribution in [-0.4, -0.2) is 40.7 Å². The molecule has 1 amide bonds. The monoisotopic (exact) mass is 341 g/mol. The van der Waals surface area contributed by atoms with Crippen molar-refractivity contribution in [1.29, 1.82) is 0 Å². The van der Waals surface area contributed by atoms with Crippen LogP contribution >= 0.6 is 11.6 Å². The molecule has 1 aromatic heterocycles. The van der Waals surface area contributed by atoms with Gasteiger partial charge in [-0.3, -0.25) is 9.89 Å². The zero-order valence-corrected chi connectivity index (χ0v) is 13.7. The van der Waals surface area contributed by atoms with Gasteiger partial charge in [0.2, 0.25) is 0 Å². The predicted octanol–water partition coefficient (Wildman–Crippen LogP) is 3.43. The number of nitrogens with one attached hydrogen (secondary N) is 1. The summed E-state index contributed by atoms with van der Waals surface area (Å²) in [6.07, 6.45) is 1.56. The Hall–Kier alpha value is -2.37. The summed E-state index contributed by atoms with van der Waals surface area (Å²) >= 11 is 5.94. The fraction of sp³-hybridized carbons (Fsp3) is 0.222. The number of hydrogen-bond acceptors (Lipinski definition) is 3. The van der Waals surface area contributed by atoms with Crippen LogP contribution in [0.1, 0.15) is 22.0 Å². The van der Waals surface area contributed by atoms with Gasteiger partial charge in [-0.15, -0.1) is 0 Å². The highest BCUT2D eigenvalue weighted by atomic mass is 35.5. The number of aromatic nitrogens is 2. The van der Waals surface area contributed by atoms with Gasteiger partial charge >= 0.3 is 0 Å². The molecule has 1 unspecified atom stereocenters. The fourth-order valence-electron chi connectivity index (χ4n) is 3.04. The van der Waals surface area contributed by atoms with E-state index in [1.807, 2.05) is 47.4 Å². The smallest absolute Gasteiger partial charge is 0.254 e. The van der Waals surface area contributed by atoms with E-state index in [0.717, 1.165) is 16.5 Å². The molecule has 122 valence electrons. The number of ether oxygens (including phenoxy) is 1. The first-order chi connectivity index (χ1) is 11.7. The van der Waals surface area contributed by atoms with Crippen molar-refractivity contribution < 1.29 is 9.53 Å². The molecule has 1 saturated heterocycles. The van der Waals surface area contributed by atoms with E-state index in [4.69, 9.17) is 16.3 Å². The van der Waals surface area contributed by atoms with Crippen molar-refractivity contribution in [2.45, 2.75) is 6.10 Å². The lowest BCUT2D eigenvalue weighted by molar-refractivity contribution is -0.0227. The number of H-pyrrole nitrogens is 1. The standard InChI is InChI=1S/C18H16ClN3O2/c19-13-6-4-12(5-7-13)17-11-22(8-9-24-17)18(23)14-2-1-3-16-15(14)10-20-21-16/h1-7,10,17H,8-9,11H2,(H,20,21). The number of carbonyl (C=O) groups is 1. The van der Waals surface area contributed by atoms with E-state index in [0.29, 0.717) is 30.3 Å². The molecule has 1 atom stereocenters. The summed E-state index contributed by atoms with van der Waals surface area (Å²) in [5.41, 5.74) is 2.56. The molecule has 0 aliphatic carbocycles. The number of carbonyl (C=O) groups excluding carboxylic acids is 1. The molecule has 0 saturated carbocycles. The summed E-state index contributed by atoms with van der Waals surface area (Å²) in [4.78, 5) is 14.8. The van der Waals surface area contributed by atoms with E-state index in [9.17, 15) is 4.79 Å². The van der Waals surface area contributed by atoms with Crippen LogP contribution in [0.3, 0.4) is 0 Å². The Morgan fingerprint density at radius 3 is 2.92 bits per heavy atom. The van der Waals surface area contributed by atoms with Crippen molar-refractivity contribution in [2.24, 2.45) is 0 Å². The normalized spacial score (nSPS) is 18.0. The van der Waals surface area contributed by atoms with Crippen molar-refractivity contribution in [3.05, 3.63) is 64.8 Å². The Balaban J connectivity index is 1.58. The Kier molecular flexibility index (Phi) is 3.96. The van der Waals surface area contributed by atoms with Crippen LogP contribution in [0, 0.1) is 0 Å². The van der Waals surface area contributed by atoms with Crippen molar-refractivity contribution in [3.8, 4) is 0 Å². The summed E-state index contributed by atoms with van der Waals surface area (Å²) in [7, 11) is 0. The summed E-state index contributed by atoms with van der Waals surface area (Å²) < 4.78 is 5.84. The average Bonchev–Trinajstić information content (AvgIpc) is 3.10. The number of morpholine rings is 1. The zero-order chi connectivity index (χ0) is 16.5. The minimum Gasteiger partial charge on any atom is -0.370 e. The second-order valence-corrected chi connectivity index (χ2v) is 6.24. The van der Waals surface area contributed by atoms with Gasteiger partial charge in [0.05, 0.1) is 30.4 Å². The van der Waals surface area contributed by atoms with Crippen molar-refractivity contribution in [2.75, 3.05) is 19.7 Å². The highest BCUT2D eigenvalue weighted by Gasteiger charge is 2.27. The number of aromatic amines is 1. The van der Waals surface area contributed by atoms with E-state index in [1.54, 1.807) is 6.20 Å². The largest absolute Gasteiger partial charge is 0.370 e. The maximum Gasteiger partial charge on any atom is 0.254 e. The van der Waals surface area contributed by atoms with E-state index in [2.05, 4.69) is 10.2 Å². The zero-order valence-electron chi connectivity index (χ0n) is 12.9. The molecule has 1 aliphatic rings. The van der Waals surface area contributed by atoms with Gasteiger partial charge in [0.25, 0.3) is 5.91 Å². The molecular formula is C18H16ClN3O2. The average molecular weight is 342 g/mol. The summed E-state index contributed by atoms with van der Waals surface area (Å²) in [6, 6.07) is 13.2. The molecule has 2 heterocycles. The van der Waals surface area contributed by atoms with Gasteiger partial charge < -0.3 is 9.64 Å². The number of amides is 1. The first kappa shape index (κ1) is 15.2. The Morgan fingerprint density at radius 2 is 2.08 bits per heavy atom. The van der Waals surface area contributed by atoms with Gasteiger partial charge in [0.15, 0.2) is 0 Å². The van der Waals surface area contributed by atoms with Crippen LogP contribution in [0.4, 0.5) is 0 Å². The Labute approximate surface area is 144 Å². The van der Waals surface area contributed by atoms with E-state index in [-0.39, 0.29) is 12.0 Å². The maximum atomic E-state index is 13.0. The van der Waals surface area contributed by atoms with E-state index < -0.39 is 0 Å². The lowest BCUT2D eigenvalue weighted by atomic mass is 10.1. The van der Waals surface area contributed by atoms with Gasteiger partial charge in [0, 0.05) is 17.0 Å². The molecule has 0 spiro atoms. The molecule has 5 nitrogen and oxygen atoms in total. The molecule has 3 aromatic rings. The topological polar surface area (TPSA) is 58.2 Å². The summed E-state index contributed by atoms with van der Waals surface area (Å²) in [5, 5.41) is 8.46. The van der Waals surface area contributed by atoms with Crippen LogP contribution < -0.4 is 0 Å². The SMILES string of the molecule is O=C(c1cccc2[nH]ncc12)N1CCOC(c2ccc(Cl)cc2)C1. The van der Waals surface area contributed by atoms with Crippen LogP contribution in [0.15, 0.2) is 48.7 Å². The third-order valence-electron chi connectivity index (χ3n) is 4.31. The van der Waals surface area contributed by atoms with Crippen molar-refractivity contribution >= 4 is 28.4 Å². The van der Waals surface area contributed by atoms with E-state index in [1.165, 1.54) is 0 Å². The molecule has 2 aromatic carbocycles. The van der Waals surface area contributed by atoms with Crippen LogP contribution in [0.2, 0.25) is 5.02 Å². The minimum atomic E-state index is -0.136. The first-order valence-electron chi connectivity index (χ1n) is 7.81. The van der Waals surface area contributed by atoms with Crippen LogP contribution in [0.25, 0.3) is 10.9 Å². The highest BCUT2D eigenvalue weighted by Crippen LogP contribution is 2.26. The second kappa shape index (κ2) is 6.26. The maximum absolute atomic E-state index is 13.0. The van der Waals surface area contributed by atoms with Crippen LogP contribution in [-0.2, 0) is 4.74 Å². The van der Waals surface area contributed by atoms with Gasteiger partial charge in [-0.05, 0) is 29.8 Å². The third kappa shape index (κ3) is 2.77. The summed E-state index contributed by atoms with van der Waals surface area (Å²) in [6.45, 7) is 1.62. The predicted molar refractivity (Wildman–Crippen MR) is 92.1 cm³/mol. The first-order valence-corrected chi connectivity index (χ1v) is 8.18. The van der Waals surface area contributed by atoms with Gasteiger partial charge in [-0.1, -0.05) is 29.8 Å². The quantitative estimate of drug-likeness (QED) is 0.777. The van der Waals surface area contributed by atoms with Gasteiger partial charge in [-0.2, -0.15) is 5.10 Å². The van der Waals surface area contributed by atoms with Crippen molar-refractivity contribution in [3.63, 3.8) is 0 Å². The number of hydrogen-bond donors (Lipinski definition) is 1.